The van der Waals surface area contributed by atoms with Crippen LogP contribution in [0.1, 0.15) is 12.6 Å². The van der Waals surface area contributed by atoms with Crippen LogP contribution in [0.4, 0.5) is 5.69 Å². The molecule has 0 unspecified atom stereocenters. The molecule has 106 valence electrons. The summed E-state index contributed by atoms with van der Waals surface area (Å²) < 4.78 is 5.43. The minimum atomic E-state index is 0.122. The molecule has 1 amide bonds. The monoisotopic (exact) mass is 293 g/mol. The fourth-order valence-corrected chi connectivity index (χ4v) is 2.82. The Kier molecular flexibility index (Phi) is 3.30. The Morgan fingerprint density at radius 3 is 2.65 bits per heavy atom. The molecule has 1 saturated heterocycles. The Balaban J connectivity index is 1.93. The summed E-state index contributed by atoms with van der Waals surface area (Å²) in [5.74, 6) is 0.122. The molecule has 1 aliphatic rings. The lowest BCUT2D eigenvalue weighted by Gasteiger charge is -2.35. The molecule has 6 heteroatoms. The van der Waals surface area contributed by atoms with Gasteiger partial charge in [-0.15, -0.1) is 0 Å². The van der Waals surface area contributed by atoms with Gasteiger partial charge in [-0.3, -0.25) is 4.79 Å². The van der Waals surface area contributed by atoms with Gasteiger partial charge in [0.2, 0.25) is 5.91 Å². The van der Waals surface area contributed by atoms with E-state index in [-0.39, 0.29) is 5.91 Å². The fraction of sp³-hybridized carbons (Fsp3) is 0.429. The van der Waals surface area contributed by atoms with Crippen molar-refractivity contribution in [3.8, 4) is 0 Å². The summed E-state index contributed by atoms with van der Waals surface area (Å²) in [6, 6.07) is 3.77. The van der Waals surface area contributed by atoms with E-state index in [1.165, 1.54) is 0 Å². The third-order valence-corrected chi connectivity index (χ3v) is 3.98. The number of piperazine rings is 1. The first-order valence-corrected chi connectivity index (χ1v) is 7.00. The SMILES string of the molecule is CC(=O)N1CCN(c2cc(Cl)cc3c(C)noc23)CC1. The number of amides is 1. The minimum absolute atomic E-state index is 0.122. The van der Waals surface area contributed by atoms with E-state index in [9.17, 15) is 4.79 Å². The number of aryl methyl sites for hydroxylation is 1. The second-order valence-corrected chi connectivity index (χ2v) is 5.50. The maximum absolute atomic E-state index is 11.4. The number of hydrogen-bond acceptors (Lipinski definition) is 4. The molecule has 0 atom stereocenters. The van der Waals surface area contributed by atoms with Crippen molar-refractivity contribution in [1.29, 1.82) is 0 Å². The van der Waals surface area contributed by atoms with Crippen molar-refractivity contribution in [2.75, 3.05) is 31.1 Å². The van der Waals surface area contributed by atoms with Crippen molar-refractivity contribution >= 4 is 34.2 Å². The number of hydrogen-bond donors (Lipinski definition) is 0. The molecular formula is C14H16ClN3O2. The molecule has 3 rings (SSSR count). The Hall–Kier alpha value is -1.75. The first-order valence-electron chi connectivity index (χ1n) is 6.62. The molecule has 0 bridgehead atoms. The summed E-state index contributed by atoms with van der Waals surface area (Å²) in [6.45, 7) is 6.49. The van der Waals surface area contributed by atoms with E-state index in [1.54, 1.807) is 6.92 Å². The number of anilines is 1. The number of nitrogens with zero attached hydrogens (tertiary/aromatic N) is 3. The van der Waals surface area contributed by atoms with Crippen molar-refractivity contribution in [2.45, 2.75) is 13.8 Å². The van der Waals surface area contributed by atoms with Gasteiger partial charge in [0.15, 0.2) is 5.58 Å². The summed E-state index contributed by atoms with van der Waals surface area (Å²) in [7, 11) is 0. The van der Waals surface area contributed by atoms with Crippen LogP contribution in [0.2, 0.25) is 5.02 Å². The fourth-order valence-electron chi connectivity index (χ4n) is 2.60. The number of fused-ring (bicyclic) bond motifs is 1. The predicted molar refractivity (Wildman–Crippen MR) is 78.2 cm³/mol. The summed E-state index contributed by atoms with van der Waals surface area (Å²) in [4.78, 5) is 15.4. The van der Waals surface area contributed by atoms with E-state index in [2.05, 4.69) is 10.1 Å². The lowest BCUT2D eigenvalue weighted by atomic mass is 10.1. The van der Waals surface area contributed by atoms with Gasteiger partial charge in [0.25, 0.3) is 0 Å². The van der Waals surface area contributed by atoms with E-state index in [0.717, 1.165) is 48.5 Å². The van der Waals surface area contributed by atoms with E-state index in [4.69, 9.17) is 16.1 Å². The van der Waals surface area contributed by atoms with E-state index in [1.807, 2.05) is 24.0 Å². The third-order valence-electron chi connectivity index (χ3n) is 3.76. The lowest BCUT2D eigenvalue weighted by molar-refractivity contribution is -0.129. The third kappa shape index (κ3) is 2.22. The van der Waals surface area contributed by atoms with Gasteiger partial charge < -0.3 is 14.3 Å². The van der Waals surface area contributed by atoms with Gasteiger partial charge in [-0.25, -0.2) is 0 Å². The summed E-state index contributed by atoms with van der Waals surface area (Å²) in [5.41, 5.74) is 2.56. The van der Waals surface area contributed by atoms with Crippen LogP contribution in [0.5, 0.6) is 0 Å². The normalized spacial score (nSPS) is 15.9. The molecule has 1 fully saturated rings. The van der Waals surface area contributed by atoms with Crippen molar-refractivity contribution < 1.29 is 9.32 Å². The topological polar surface area (TPSA) is 49.6 Å². The second kappa shape index (κ2) is 4.98. The smallest absolute Gasteiger partial charge is 0.219 e. The van der Waals surface area contributed by atoms with Crippen LogP contribution in [-0.2, 0) is 4.79 Å². The van der Waals surface area contributed by atoms with Gasteiger partial charge in [-0.1, -0.05) is 16.8 Å². The van der Waals surface area contributed by atoms with Crippen molar-refractivity contribution in [3.63, 3.8) is 0 Å². The summed E-state index contributed by atoms with van der Waals surface area (Å²) in [6.07, 6.45) is 0. The number of carbonyl (C=O) groups excluding carboxylic acids is 1. The number of halogens is 1. The molecule has 2 heterocycles. The van der Waals surface area contributed by atoms with Crippen molar-refractivity contribution in [1.82, 2.24) is 10.1 Å². The van der Waals surface area contributed by atoms with E-state index < -0.39 is 0 Å². The maximum Gasteiger partial charge on any atom is 0.219 e. The summed E-state index contributed by atoms with van der Waals surface area (Å²) >= 11 is 6.19. The molecule has 2 aromatic rings. The van der Waals surface area contributed by atoms with Gasteiger partial charge in [-0.05, 0) is 19.1 Å². The molecule has 1 aliphatic heterocycles. The highest BCUT2D eigenvalue weighted by Gasteiger charge is 2.22. The van der Waals surface area contributed by atoms with Crippen LogP contribution in [0.25, 0.3) is 11.0 Å². The Bertz CT molecular complexity index is 660. The first-order chi connectivity index (χ1) is 9.56. The quantitative estimate of drug-likeness (QED) is 0.810. The van der Waals surface area contributed by atoms with Crippen LogP contribution in [-0.4, -0.2) is 42.1 Å². The number of aromatic nitrogens is 1. The zero-order chi connectivity index (χ0) is 14.3. The predicted octanol–water partition coefficient (Wildman–Crippen LogP) is 2.46. The Morgan fingerprint density at radius 1 is 1.30 bits per heavy atom. The minimum Gasteiger partial charge on any atom is -0.365 e. The highest BCUT2D eigenvalue weighted by molar-refractivity contribution is 6.31. The first kappa shape index (κ1) is 13.2. The van der Waals surface area contributed by atoms with Crippen LogP contribution < -0.4 is 4.90 Å². The molecule has 0 N–H and O–H groups in total. The molecular weight excluding hydrogens is 278 g/mol. The number of benzene rings is 1. The van der Waals surface area contributed by atoms with Gasteiger partial charge in [-0.2, -0.15) is 0 Å². The van der Waals surface area contributed by atoms with E-state index >= 15 is 0 Å². The maximum atomic E-state index is 11.4. The molecule has 5 nitrogen and oxygen atoms in total. The second-order valence-electron chi connectivity index (χ2n) is 5.06. The molecule has 0 aliphatic carbocycles. The molecule has 1 aromatic heterocycles. The van der Waals surface area contributed by atoms with Crippen molar-refractivity contribution in [3.05, 3.63) is 22.8 Å². The Labute approximate surface area is 122 Å². The van der Waals surface area contributed by atoms with Crippen LogP contribution >= 0.6 is 11.6 Å². The molecule has 0 spiro atoms. The number of carbonyl (C=O) groups is 1. The van der Waals surface area contributed by atoms with Crippen LogP contribution in [0.3, 0.4) is 0 Å². The largest absolute Gasteiger partial charge is 0.365 e. The lowest BCUT2D eigenvalue weighted by Crippen LogP contribution is -2.48. The average molecular weight is 294 g/mol. The molecule has 0 radical (unpaired) electrons. The highest BCUT2D eigenvalue weighted by Crippen LogP contribution is 2.33. The standard InChI is InChI=1S/C14H16ClN3O2/c1-9-12-7-11(15)8-13(14(12)20-16-9)18-5-3-17(4-6-18)10(2)19/h7-8H,3-6H2,1-2H3. The molecule has 1 aromatic carbocycles. The zero-order valence-corrected chi connectivity index (χ0v) is 12.3. The van der Waals surface area contributed by atoms with E-state index in [0.29, 0.717) is 5.02 Å². The molecule has 20 heavy (non-hydrogen) atoms. The zero-order valence-electron chi connectivity index (χ0n) is 11.5. The van der Waals surface area contributed by atoms with Gasteiger partial charge in [0.05, 0.1) is 11.4 Å². The average Bonchev–Trinajstić information content (AvgIpc) is 2.80. The summed E-state index contributed by atoms with van der Waals surface area (Å²) in [5, 5.41) is 5.63. The van der Waals surface area contributed by atoms with Gasteiger partial charge in [0.1, 0.15) is 0 Å². The van der Waals surface area contributed by atoms with Gasteiger partial charge in [0, 0.05) is 43.5 Å². The van der Waals surface area contributed by atoms with Crippen LogP contribution in [0, 0.1) is 6.92 Å². The van der Waals surface area contributed by atoms with Crippen LogP contribution in [0.15, 0.2) is 16.7 Å². The highest BCUT2D eigenvalue weighted by atomic mass is 35.5. The van der Waals surface area contributed by atoms with Gasteiger partial charge >= 0.3 is 0 Å². The van der Waals surface area contributed by atoms with Crippen molar-refractivity contribution in [2.24, 2.45) is 0 Å². The molecule has 0 saturated carbocycles. The number of rotatable bonds is 1. The Morgan fingerprint density at radius 2 is 2.00 bits per heavy atom.